The maximum atomic E-state index is 12.3. The zero-order chi connectivity index (χ0) is 16.8. The number of carbonyl (C=O) groups excluding carboxylic acids is 2. The molecule has 0 unspecified atom stereocenters. The molecule has 1 aromatic rings. The third-order valence-electron chi connectivity index (χ3n) is 3.51. The van der Waals surface area contributed by atoms with E-state index in [2.05, 4.69) is 0 Å². The number of esters is 2. The van der Waals surface area contributed by atoms with E-state index in [1.807, 2.05) is 6.92 Å². The van der Waals surface area contributed by atoms with E-state index in [0.717, 1.165) is 0 Å². The van der Waals surface area contributed by atoms with Gasteiger partial charge in [0.05, 0.1) is 18.9 Å². The van der Waals surface area contributed by atoms with Crippen LogP contribution >= 0.6 is 0 Å². The fraction of sp³-hybridized carbons (Fsp3) is 0.412. The molecule has 0 saturated carbocycles. The second kappa shape index (κ2) is 7.67. The minimum Gasteiger partial charge on any atom is -0.497 e. The van der Waals surface area contributed by atoms with E-state index in [4.69, 9.17) is 18.9 Å². The molecule has 1 heterocycles. The summed E-state index contributed by atoms with van der Waals surface area (Å²) >= 11 is 0. The summed E-state index contributed by atoms with van der Waals surface area (Å²) in [5.74, 6) is -0.433. The van der Waals surface area contributed by atoms with Gasteiger partial charge in [0.15, 0.2) is 6.10 Å². The Hall–Kier alpha value is -2.50. The van der Waals surface area contributed by atoms with E-state index in [9.17, 15) is 9.59 Å². The first-order valence-corrected chi connectivity index (χ1v) is 7.31. The second-order valence-electron chi connectivity index (χ2n) is 5.27. The molecule has 0 amide bonds. The van der Waals surface area contributed by atoms with Crippen molar-refractivity contribution >= 4 is 11.9 Å². The fourth-order valence-corrected chi connectivity index (χ4v) is 2.29. The Balaban J connectivity index is 2.13. The lowest BCUT2D eigenvalue weighted by Crippen LogP contribution is -2.40. The molecule has 0 N–H and O–H groups in total. The second-order valence-corrected chi connectivity index (χ2v) is 5.27. The van der Waals surface area contributed by atoms with E-state index in [-0.39, 0.29) is 12.5 Å². The predicted octanol–water partition coefficient (Wildman–Crippen LogP) is 2.33. The highest BCUT2D eigenvalue weighted by atomic mass is 16.6. The smallest absolute Gasteiger partial charge is 0.338 e. The van der Waals surface area contributed by atoms with E-state index < -0.39 is 24.1 Å². The maximum absolute atomic E-state index is 12.3. The van der Waals surface area contributed by atoms with Gasteiger partial charge in [-0.15, -0.1) is 0 Å². The Morgan fingerprint density at radius 1 is 1.17 bits per heavy atom. The molecule has 23 heavy (non-hydrogen) atoms. The first-order valence-electron chi connectivity index (χ1n) is 7.31. The van der Waals surface area contributed by atoms with Crippen LogP contribution in [0.2, 0.25) is 0 Å². The summed E-state index contributed by atoms with van der Waals surface area (Å²) < 4.78 is 21.1. The summed E-state index contributed by atoms with van der Waals surface area (Å²) in [5.41, 5.74) is 0.397. The highest BCUT2D eigenvalue weighted by Crippen LogP contribution is 2.22. The molecule has 0 aromatic heterocycles. The highest BCUT2D eigenvalue weighted by Gasteiger charge is 2.34. The van der Waals surface area contributed by atoms with Crippen LogP contribution in [0.3, 0.4) is 0 Å². The van der Waals surface area contributed by atoms with Crippen LogP contribution in [0.1, 0.15) is 24.2 Å². The normalized spacial score (nSPS) is 23.3. The minimum absolute atomic E-state index is 0.140. The van der Waals surface area contributed by atoms with Crippen molar-refractivity contribution in [3.8, 4) is 5.75 Å². The van der Waals surface area contributed by atoms with Gasteiger partial charge in [-0.3, -0.25) is 4.79 Å². The molecule has 124 valence electrons. The molecule has 0 saturated heterocycles. The van der Waals surface area contributed by atoms with Crippen LogP contribution in [0.25, 0.3) is 0 Å². The summed E-state index contributed by atoms with van der Waals surface area (Å²) in [5, 5.41) is 0. The Labute approximate surface area is 135 Å². The van der Waals surface area contributed by atoms with E-state index in [0.29, 0.717) is 11.3 Å². The fourth-order valence-electron chi connectivity index (χ4n) is 2.29. The van der Waals surface area contributed by atoms with Gasteiger partial charge >= 0.3 is 11.9 Å². The van der Waals surface area contributed by atoms with Crippen molar-refractivity contribution in [1.29, 1.82) is 0 Å². The van der Waals surface area contributed by atoms with Crippen LogP contribution in [0, 0.1) is 5.92 Å². The molecule has 1 aliphatic rings. The zero-order valence-corrected chi connectivity index (χ0v) is 13.4. The number of rotatable bonds is 4. The van der Waals surface area contributed by atoms with Crippen molar-refractivity contribution in [2.24, 2.45) is 5.92 Å². The summed E-state index contributed by atoms with van der Waals surface area (Å²) in [7, 11) is 1.55. The highest BCUT2D eigenvalue weighted by molar-refractivity contribution is 5.89. The predicted molar refractivity (Wildman–Crippen MR) is 82.0 cm³/mol. The number of hydrogen-bond donors (Lipinski definition) is 0. The van der Waals surface area contributed by atoms with Crippen molar-refractivity contribution in [2.75, 3.05) is 13.7 Å². The Bertz CT molecular complexity index is 577. The van der Waals surface area contributed by atoms with E-state index >= 15 is 0 Å². The van der Waals surface area contributed by atoms with Crippen molar-refractivity contribution in [3.63, 3.8) is 0 Å². The largest absolute Gasteiger partial charge is 0.497 e. The lowest BCUT2D eigenvalue weighted by molar-refractivity contribution is -0.156. The summed E-state index contributed by atoms with van der Waals surface area (Å²) in [4.78, 5) is 23.6. The molecule has 0 aliphatic carbocycles. The van der Waals surface area contributed by atoms with Gasteiger partial charge in [-0.25, -0.2) is 4.79 Å². The third kappa shape index (κ3) is 4.48. The zero-order valence-electron chi connectivity index (χ0n) is 13.4. The van der Waals surface area contributed by atoms with Crippen LogP contribution in [-0.4, -0.2) is 37.9 Å². The van der Waals surface area contributed by atoms with Crippen molar-refractivity contribution in [1.82, 2.24) is 0 Å². The van der Waals surface area contributed by atoms with Gasteiger partial charge in [0, 0.05) is 12.8 Å². The monoisotopic (exact) mass is 320 g/mol. The maximum Gasteiger partial charge on any atom is 0.338 e. The molecule has 1 aromatic carbocycles. The number of benzene rings is 1. The van der Waals surface area contributed by atoms with Crippen LogP contribution in [-0.2, 0) is 19.0 Å². The topological polar surface area (TPSA) is 71.1 Å². The summed E-state index contributed by atoms with van der Waals surface area (Å²) in [6, 6.07) is 6.60. The molecule has 0 fully saturated rings. The van der Waals surface area contributed by atoms with Gasteiger partial charge in [0.2, 0.25) is 0 Å². The van der Waals surface area contributed by atoms with Gasteiger partial charge < -0.3 is 18.9 Å². The van der Waals surface area contributed by atoms with Crippen LogP contribution < -0.4 is 4.74 Å². The molecule has 6 nitrogen and oxygen atoms in total. The lowest BCUT2D eigenvalue weighted by atomic mass is 10.00. The Morgan fingerprint density at radius 2 is 1.87 bits per heavy atom. The van der Waals surface area contributed by atoms with E-state index in [1.165, 1.54) is 13.2 Å². The van der Waals surface area contributed by atoms with Crippen LogP contribution in [0.4, 0.5) is 0 Å². The van der Waals surface area contributed by atoms with Gasteiger partial charge in [-0.05, 0) is 30.3 Å². The number of carbonyl (C=O) groups is 2. The number of ether oxygens (including phenoxy) is 4. The molecule has 0 radical (unpaired) electrons. The Kier molecular flexibility index (Phi) is 5.62. The van der Waals surface area contributed by atoms with Crippen molar-refractivity contribution in [3.05, 3.63) is 42.2 Å². The van der Waals surface area contributed by atoms with Crippen LogP contribution in [0.5, 0.6) is 5.75 Å². The van der Waals surface area contributed by atoms with Crippen LogP contribution in [0.15, 0.2) is 36.6 Å². The average Bonchev–Trinajstić information content (AvgIpc) is 2.70. The molecular formula is C17H20O6. The van der Waals surface area contributed by atoms with Crippen molar-refractivity contribution < 1.29 is 28.5 Å². The van der Waals surface area contributed by atoms with Gasteiger partial charge in [-0.2, -0.15) is 0 Å². The average molecular weight is 320 g/mol. The first kappa shape index (κ1) is 16.9. The van der Waals surface area contributed by atoms with Gasteiger partial charge in [-0.1, -0.05) is 6.92 Å². The summed E-state index contributed by atoms with van der Waals surface area (Å²) in [6.45, 7) is 3.32. The van der Waals surface area contributed by atoms with E-state index in [1.54, 1.807) is 37.5 Å². The minimum atomic E-state index is -0.653. The molecular weight excluding hydrogens is 300 g/mol. The molecule has 0 bridgehead atoms. The van der Waals surface area contributed by atoms with Crippen molar-refractivity contribution in [2.45, 2.75) is 26.1 Å². The molecule has 2 rings (SSSR count). The molecule has 0 spiro atoms. The molecule has 3 atom stereocenters. The summed E-state index contributed by atoms with van der Waals surface area (Å²) in [6.07, 6.45) is 2.03. The quantitative estimate of drug-likeness (QED) is 0.793. The third-order valence-corrected chi connectivity index (χ3v) is 3.51. The Morgan fingerprint density at radius 3 is 2.48 bits per heavy atom. The van der Waals surface area contributed by atoms with Gasteiger partial charge in [0.1, 0.15) is 18.5 Å². The SMILES string of the molecule is COc1ccc(C(=O)O[C@H]2[C@H](C)C=COC[C@H]2OC(C)=O)cc1. The number of hydrogen-bond acceptors (Lipinski definition) is 6. The molecule has 6 heteroatoms. The van der Waals surface area contributed by atoms with Gasteiger partial charge in [0.25, 0.3) is 0 Å². The standard InChI is InChI=1S/C17H20O6/c1-11-8-9-21-10-15(22-12(2)18)16(11)23-17(19)13-4-6-14(20-3)7-5-13/h4-9,11,15-16H,10H2,1-3H3/t11-,15-,16+/m1/s1. The number of methoxy groups -OCH3 is 1. The lowest BCUT2D eigenvalue weighted by Gasteiger charge is -2.27. The molecule has 1 aliphatic heterocycles. The first-order chi connectivity index (χ1) is 11.0.